The number of amides is 3. The molecule has 6 rings (SSSR count). The summed E-state index contributed by atoms with van der Waals surface area (Å²) in [5.74, 6) is -1.09. The van der Waals surface area contributed by atoms with Crippen LogP contribution in [0.2, 0.25) is 0 Å². The Morgan fingerprint density at radius 2 is 1.47 bits per heavy atom. The molecule has 1 unspecified atom stereocenters. The minimum Gasteiger partial charge on any atom is -0.436 e. The maximum absolute atomic E-state index is 13.8. The van der Waals surface area contributed by atoms with Crippen LogP contribution < -0.4 is 5.32 Å². The maximum Gasteiger partial charge on any atom is 0.262 e. The standard InChI is InChI=1S/C31H23N3O4/c1-19-15-16-27-25(17-19)33-29(38-27)23-13-7-8-14-24(23)32-28(35)26(18-20-9-3-2-4-10-20)34-30(36)21-11-5-6-12-22(21)31(34)37/h2-17,26H,18H2,1H3,(H,32,35). The highest BCUT2D eigenvalue weighted by atomic mass is 16.3. The van der Waals surface area contributed by atoms with E-state index < -0.39 is 23.8 Å². The number of rotatable bonds is 6. The summed E-state index contributed by atoms with van der Waals surface area (Å²) in [6.07, 6.45) is 0.169. The molecule has 1 N–H and O–H groups in total. The maximum atomic E-state index is 13.8. The van der Waals surface area contributed by atoms with E-state index in [1.165, 1.54) is 0 Å². The number of benzene rings is 4. The molecule has 0 saturated heterocycles. The Morgan fingerprint density at radius 3 is 2.18 bits per heavy atom. The lowest BCUT2D eigenvalue weighted by molar-refractivity contribution is -0.119. The molecule has 0 radical (unpaired) electrons. The molecule has 0 spiro atoms. The number of anilines is 1. The fourth-order valence-corrected chi connectivity index (χ4v) is 4.78. The van der Waals surface area contributed by atoms with Gasteiger partial charge in [0.2, 0.25) is 11.8 Å². The molecule has 0 aliphatic carbocycles. The van der Waals surface area contributed by atoms with Crippen LogP contribution in [0.25, 0.3) is 22.6 Å². The van der Waals surface area contributed by atoms with E-state index in [1.807, 2.05) is 61.5 Å². The number of hydrogen-bond acceptors (Lipinski definition) is 5. The summed E-state index contributed by atoms with van der Waals surface area (Å²) in [7, 11) is 0. The van der Waals surface area contributed by atoms with Crippen molar-refractivity contribution in [3.8, 4) is 11.5 Å². The lowest BCUT2D eigenvalue weighted by Gasteiger charge is -2.26. The fraction of sp³-hybridized carbons (Fsp3) is 0.0968. The lowest BCUT2D eigenvalue weighted by atomic mass is 10.0. The third kappa shape index (κ3) is 4.14. The van der Waals surface area contributed by atoms with E-state index in [0.29, 0.717) is 39.4 Å². The molecule has 0 saturated carbocycles. The molecule has 7 heteroatoms. The fourth-order valence-electron chi connectivity index (χ4n) is 4.78. The topological polar surface area (TPSA) is 92.5 Å². The van der Waals surface area contributed by atoms with Crippen LogP contribution in [0.1, 0.15) is 31.8 Å². The molecule has 1 aromatic heterocycles. The van der Waals surface area contributed by atoms with E-state index in [0.717, 1.165) is 16.0 Å². The van der Waals surface area contributed by atoms with Crippen LogP contribution in [0.5, 0.6) is 0 Å². The molecule has 2 heterocycles. The predicted molar refractivity (Wildman–Crippen MR) is 144 cm³/mol. The van der Waals surface area contributed by atoms with Gasteiger partial charge in [-0.2, -0.15) is 0 Å². The summed E-state index contributed by atoms with van der Waals surface area (Å²) in [6, 6.07) is 27.8. The van der Waals surface area contributed by atoms with Gasteiger partial charge in [0.05, 0.1) is 22.4 Å². The van der Waals surface area contributed by atoms with Gasteiger partial charge in [0, 0.05) is 6.42 Å². The second kappa shape index (κ2) is 9.44. The summed E-state index contributed by atoms with van der Waals surface area (Å²) in [5, 5.41) is 2.94. The first-order chi connectivity index (χ1) is 18.5. The number of oxazole rings is 1. The molecule has 5 aromatic rings. The van der Waals surface area contributed by atoms with Crippen molar-refractivity contribution in [1.29, 1.82) is 0 Å². The van der Waals surface area contributed by atoms with Crippen LogP contribution in [-0.2, 0) is 11.2 Å². The zero-order valence-corrected chi connectivity index (χ0v) is 20.5. The first kappa shape index (κ1) is 23.4. The highest BCUT2D eigenvalue weighted by Gasteiger charge is 2.42. The van der Waals surface area contributed by atoms with Gasteiger partial charge in [0.15, 0.2) is 5.58 Å². The Kier molecular flexibility index (Phi) is 5.81. The van der Waals surface area contributed by atoms with E-state index in [1.54, 1.807) is 42.5 Å². The number of nitrogens with zero attached hydrogens (tertiary/aromatic N) is 2. The van der Waals surface area contributed by atoms with E-state index >= 15 is 0 Å². The van der Waals surface area contributed by atoms with Gasteiger partial charge in [-0.15, -0.1) is 0 Å². The number of aryl methyl sites for hydroxylation is 1. The molecular weight excluding hydrogens is 478 g/mol. The molecule has 7 nitrogen and oxygen atoms in total. The van der Waals surface area contributed by atoms with Gasteiger partial charge < -0.3 is 9.73 Å². The highest BCUT2D eigenvalue weighted by molar-refractivity contribution is 6.23. The first-order valence-electron chi connectivity index (χ1n) is 12.3. The molecule has 186 valence electrons. The van der Waals surface area contributed by atoms with Gasteiger partial charge in [-0.3, -0.25) is 19.3 Å². The van der Waals surface area contributed by atoms with E-state index in [4.69, 9.17) is 4.42 Å². The van der Waals surface area contributed by atoms with Gasteiger partial charge in [-0.05, 0) is 54.4 Å². The van der Waals surface area contributed by atoms with Crippen molar-refractivity contribution in [1.82, 2.24) is 9.88 Å². The number of hydrogen-bond donors (Lipinski definition) is 1. The van der Waals surface area contributed by atoms with E-state index in [-0.39, 0.29) is 6.42 Å². The smallest absolute Gasteiger partial charge is 0.262 e. The Labute approximate surface area is 218 Å². The summed E-state index contributed by atoms with van der Waals surface area (Å²) in [6.45, 7) is 1.98. The van der Waals surface area contributed by atoms with Gasteiger partial charge >= 0.3 is 0 Å². The quantitative estimate of drug-likeness (QED) is 0.304. The average Bonchev–Trinajstić information content (AvgIpc) is 3.46. The second-order valence-corrected chi connectivity index (χ2v) is 9.26. The van der Waals surface area contributed by atoms with Gasteiger partial charge in [0.1, 0.15) is 11.6 Å². The molecule has 1 atom stereocenters. The molecule has 0 bridgehead atoms. The van der Waals surface area contributed by atoms with Crippen molar-refractivity contribution in [3.05, 3.63) is 119 Å². The lowest BCUT2D eigenvalue weighted by Crippen LogP contribution is -2.48. The number of fused-ring (bicyclic) bond motifs is 2. The van der Waals surface area contributed by atoms with Crippen LogP contribution in [0.3, 0.4) is 0 Å². The van der Waals surface area contributed by atoms with Crippen LogP contribution in [-0.4, -0.2) is 33.6 Å². The molecule has 1 aliphatic heterocycles. The van der Waals surface area contributed by atoms with E-state index in [9.17, 15) is 14.4 Å². The van der Waals surface area contributed by atoms with Gasteiger partial charge in [-0.1, -0.05) is 60.7 Å². The van der Waals surface area contributed by atoms with Crippen molar-refractivity contribution < 1.29 is 18.8 Å². The minimum atomic E-state index is -1.07. The molecule has 38 heavy (non-hydrogen) atoms. The largest absolute Gasteiger partial charge is 0.436 e. The highest BCUT2D eigenvalue weighted by Crippen LogP contribution is 2.32. The van der Waals surface area contributed by atoms with Gasteiger partial charge in [-0.25, -0.2) is 4.98 Å². The number of carbonyl (C=O) groups excluding carboxylic acids is 3. The summed E-state index contributed by atoms with van der Waals surface area (Å²) in [5.41, 5.74) is 4.89. The summed E-state index contributed by atoms with van der Waals surface area (Å²) < 4.78 is 5.98. The monoisotopic (exact) mass is 501 g/mol. The molecule has 4 aromatic carbocycles. The van der Waals surface area contributed by atoms with Crippen LogP contribution in [0.4, 0.5) is 5.69 Å². The Morgan fingerprint density at radius 1 is 0.842 bits per heavy atom. The Balaban J connectivity index is 1.36. The number of para-hydroxylation sites is 1. The number of aromatic nitrogens is 1. The molecule has 1 aliphatic rings. The predicted octanol–water partition coefficient (Wildman–Crippen LogP) is 5.65. The Hall–Kier alpha value is -5.04. The van der Waals surface area contributed by atoms with Crippen LogP contribution >= 0.6 is 0 Å². The molecule has 0 fully saturated rings. The average molecular weight is 502 g/mol. The van der Waals surface area contributed by atoms with Crippen molar-refractivity contribution >= 4 is 34.5 Å². The van der Waals surface area contributed by atoms with Crippen molar-refractivity contribution in [2.24, 2.45) is 0 Å². The second-order valence-electron chi connectivity index (χ2n) is 9.26. The Bertz CT molecular complexity index is 1670. The zero-order valence-electron chi connectivity index (χ0n) is 20.5. The van der Waals surface area contributed by atoms with Crippen LogP contribution in [0.15, 0.2) is 101 Å². The van der Waals surface area contributed by atoms with Crippen molar-refractivity contribution in [2.45, 2.75) is 19.4 Å². The minimum absolute atomic E-state index is 0.169. The SMILES string of the molecule is Cc1ccc2oc(-c3ccccc3NC(=O)C(Cc3ccccc3)N3C(=O)c4ccccc4C3=O)nc2c1. The molecular formula is C31H23N3O4. The van der Waals surface area contributed by atoms with Crippen molar-refractivity contribution in [3.63, 3.8) is 0 Å². The van der Waals surface area contributed by atoms with E-state index in [2.05, 4.69) is 10.3 Å². The van der Waals surface area contributed by atoms with Gasteiger partial charge in [0.25, 0.3) is 11.8 Å². The van der Waals surface area contributed by atoms with Crippen molar-refractivity contribution in [2.75, 3.05) is 5.32 Å². The zero-order chi connectivity index (χ0) is 26.2. The number of nitrogens with one attached hydrogen (secondary N) is 1. The number of carbonyl (C=O) groups is 3. The number of imide groups is 1. The van der Waals surface area contributed by atoms with Crippen LogP contribution in [0, 0.1) is 6.92 Å². The third-order valence-electron chi connectivity index (χ3n) is 6.67. The first-order valence-corrected chi connectivity index (χ1v) is 12.3. The normalized spacial score (nSPS) is 13.6. The summed E-state index contributed by atoms with van der Waals surface area (Å²) >= 11 is 0. The third-order valence-corrected chi connectivity index (χ3v) is 6.67. The molecule has 3 amide bonds. The summed E-state index contributed by atoms with van der Waals surface area (Å²) in [4.78, 5) is 46.1.